The predicted octanol–water partition coefficient (Wildman–Crippen LogP) is 2.79. The molecule has 1 saturated carbocycles. The van der Waals surface area contributed by atoms with E-state index in [9.17, 15) is 13.2 Å². The molecule has 212 valence electrons. The van der Waals surface area contributed by atoms with Gasteiger partial charge in [0.2, 0.25) is 10.0 Å². The molecule has 5 rings (SSSR count). The Balaban J connectivity index is 1.41. The average Bonchev–Trinajstić information content (AvgIpc) is 3.67. The Bertz CT molecular complexity index is 1310. The van der Waals surface area contributed by atoms with Crippen LogP contribution in [0.15, 0.2) is 29.3 Å². The van der Waals surface area contributed by atoms with Gasteiger partial charge in [0, 0.05) is 43.3 Å². The molecule has 4 heterocycles. The Morgan fingerprint density at radius 3 is 2.62 bits per heavy atom. The minimum absolute atomic E-state index is 0.0924. The molecular weight excluding hydrogens is 540 g/mol. The molecule has 3 aliphatic rings. The zero-order valence-corrected chi connectivity index (χ0v) is 24.0. The summed E-state index contributed by atoms with van der Waals surface area (Å²) in [6.07, 6.45) is 8.08. The molecule has 0 radical (unpaired) electrons. The van der Waals surface area contributed by atoms with Crippen molar-refractivity contribution in [3.63, 3.8) is 0 Å². The smallest absolute Gasteiger partial charge is 0.260 e. The summed E-state index contributed by atoms with van der Waals surface area (Å²) < 4.78 is 32.6. The van der Waals surface area contributed by atoms with Crippen LogP contribution in [0.1, 0.15) is 43.0 Å². The largest absolute Gasteiger partial charge is 0.395 e. The van der Waals surface area contributed by atoms with Gasteiger partial charge >= 0.3 is 0 Å². The molecule has 1 spiro atoms. The molecule has 13 heteroatoms. The molecule has 1 aliphatic carbocycles. The average molecular weight is 577 g/mol. The number of hydrogen-bond acceptors (Lipinski definition) is 10. The molecular formula is C26H36N6O5S2. The van der Waals surface area contributed by atoms with Gasteiger partial charge in [-0.15, -0.1) is 11.8 Å². The summed E-state index contributed by atoms with van der Waals surface area (Å²) >= 11 is 1.60. The molecule has 2 aliphatic heterocycles. The summed E-state index contributed by atoms with van der Waals surface area (Å²) in [7, 11) is -3.76. The van der Waals surface area contributed by atoms with Gasteiger partial charge in [-0.2, -0.15) is 0 Å². The first-order chi connectivity index (χ1) is 18.7. The number of carbonyl (C=O) groups excluding carboxylic acids is 1. The van der Waals surface area contributed by atoms with Gasteiger partial charge in [0.1, 0.15) is 17.5 Å². The van der Waals surface area contributed by atoms with E-state index >= 15 is 0 Å². The first-order valence-corrected chi connectivity index (χ1v) is 16.2. The third-order valence-electron chi connectivity index (χ3n) is 7.71. The van der Waals surface area contributed by atoms with Crippen LogP contribution in [0.3, 0.4) is 0 Å². The van der Waals surface area contributed by atoms with Crippen molar-refractivity contribution in [1.29, 1.82) is 0 Å². The summed E-state index contributed by atoms with van der Waals surface area (Å²) in [6, 6.07) is 5.36. The molecule has 2 aromatic heterocycles. The third kappa shape index (κ3) is 6.59. The second-order valence-corrected chi connectivity index (χ2v) is 13.2. The van der Waals surface area contributed by atoms with Crippen molar-refractivity contribution in [3.05, 3.63) is 30.0 Å². The summed E-state index contributed by atoms with van der Waals surface area (Å²) in [4.78, 5) is 27.9. The van der Waals surface area contributed by atoms with Gasteiger partial charge in [-0.05, 0) is 56.4 Å². The number of carbonyl (C=O) groups is 1. The number of hydrogen-bond donors (Lipinski definition) is 3. The number of pyridine rings is 2. The van der Waals surface area contributed by atoms with Crippen molar-refractivity contribution in [3.8, 4) is 0 Å². The Morgan fingerprint density at radius 2 is 1.95 bits per heavy atom. The monoisotopic (exact) mass is 576 g/mol. The molecule has 0 aromatic carbocycles. The standard InChI is InChI=1S/C26H36N6O5S2/c1-18-17-32(11-13-37-18)24-21(38-2)3-4-22(28-24)29-25(34)19-16-27-23(30-39(35,36)14-12-33)15-20(19)31-9-7-26(5-6-26)8-10-31/h3-4,15-16,18,33H,5-14,17H2,1-2H3,(H,27,30)(H,28,29,34)/t18-/m0/s1. The highest BCUT2D eigenvalue weighted by Gasteiger charge is 2.44. The van der Waals surface area contributed by atoms with Gasteiger partial charge in [-0.1, -0.05) is 0 Å². The van der Waals surface area contributed by atoms with E-state index in [1.54, 1.807) is 23.9 Å². The van der Waals surface area contributed by atoms with Crippen molar-refractivity contribution < 1.29 is 23.1 Å². The van der Waals surface area contributed by atoms with Crippen LogP contribution >= 0.6 is 11.8 Å². The first-order valence-electron chi connectivity index (χ1n) is 13.3. The highest BCUT2D eigenvalue weighted by molar-refractivity contribution is 7.98. The number of nitrogens with one attached hydrogen (secondary N) is 2. The van der Waals surface area contributed by atoms with E-state index in [0.29, 0.717) is 29.1 Å². The fourth-order valence-electron chi connectivity index (χ4n) is 5.25. The van der Waals surface area contributed by atoms with Crippen LogP contribution in [-0.4, -0.2) is 86.9 Å². The van der Waals surface area contributed by atoms with Gasteiger partial charge < -0.3 is 25.0 Å². The van der Waals surface area contributed by atoms with E-state index in [1.165, 1.54) is 19.0 Å². The lowest BCUT2D eigenvalue weighted by molar-refractivity contribution is 0.0527. The zero-order chi connectivity index (χ0) is 27.6. The van der Waals surface area contributed by atoms with Crippen LogP contribution in [0.4, 0.5) is 23.1 Å². The van der Waals surface area contributed by atoms with Gasteiger partial charge in [-0.25, -0.2) is 18.4 Å². The molecule has 0 unspecified atom stereocenters. The predicted molar refractivity (Wildman–Crippen MR) is 153 cm³/mol. The fraction of sp³-hybridized carbons (Fsp3) is 0.577. The maximum absolute atomic E-state index is 13.6. The van der Waals surface area contributed by atoms with Crippen molar-refractivity contribution in [2.24, 2.45) is 5.41 Å². The highest BCUT2D eigenvalue weighted by atomic mass is 32.2. The fourth-order valence-corrected chi connectivity index (χ4v) is 6.59. The number of piperidine rings is 1. The lowest BCUT2D eigenvalue weighted by Crippen LogP contribution is -2.41. The zero-order valence-electron chi connectivity index (χ0n) is 22.4. The van der Waals surface area contributed by atoms with Gasteiger partial charge in [0.15, 0.2) is 0 Å². The molecule has 0 bridgehead atoms. The molecule has 3 fully saturated rings. The SMILES string of the molecule is CSc1ccc(NC(=O)c2cnc(NS(=O)(=O)CCO)cc2N2CCC3(CC2)CC3)nc1N1CCO[C@@H](C)C1. The van der Waals surface area contributed by atoms with Gasteiger partial charge in [-0.3, -0.25) is 9.52 Å². The Morgan fingerprint density at radius 1 is 1.18 bits per heavy atom. The van der Waals surface area contributed by atoms with Crippen molar-refractivity contribution in [2.45, 2.75) is 43.6 Å². The van der Waals surface area contributed by atoms with Crippen molar-refractivity contribution >= 4 is 50.8 Å². The molecule has 2 aromatic rings. The van der Waals surface area contributed by atoms with Crippen LogP contribution in [0, 0.1) is 5.41 Å². The topological polar surface area (TPSA) is 137 Å². The Labute approximate surface area is 233 Å². The van der Waals surface area contributed by atoms with Crippen LogP contribution in [0.2, 0.25) is 0 Å². The summed E-state index contributed by atoms with van der Waals surface area (Å²) in [5.41, 5.74) is 1.42. The minimum atomic E-state index is -3.76. The second-order valence-electron chi connectivity index (χ2n) is 10.5. The van der Waals surface area contributed by atoms with Crippen molar-refractivity contribution in [2.75, 3.05) is 71.2 Å². The Kier molecular flexibility index (Phi) is 8.22. The number of aliphatic hydroxyl groups excluding tert-OH is 1. The molecule has 1 amide bonds. The molecule has 39 heavy (non-hydrogen) atoms. The number of thioether (sulfide) groups is 1. The molecule has 2 saturated heterocycles. The first kappa shape index (κ1) is 27.9. The Hall–Kier alpha value is -2.61. The maximum Gasteiger partial charge on any atom is 0.260 e. The lowest BCUT2D eigenvalue weighted by Gasteiger charge is -2.35. The number of rotatable bonds is 9. The molecule has 1 atom stereocenters. The van der Waals surface area contributed by atoms with Crippen molar-refractivity contribution in [1.82, 2.24) is 9.97 Å². The normalized spacial score (nSPS) is 20.6. The lowest BCUT2D eigenvalue weighted by atomic mass is 9.93. The quantitative estimate of drug-likeness (QED) is 0.382. The van der Waals surface area contributed by atoms with E-state index < -0.39 is 22.4 Å². The van der Waals surface area contributed by atoms with E-state index in [1.807, 2.05) is 19.2 Å². The number of anilines is 4. The number of morpholine rings is 1. The summed E-state index contributed by atoms with van der Waals surface area (Å²) in [6.45, 7) is 5.17. The summed E-state index contributed by atoms with van der Waals surface area (Å²) in [5.74, 6) is 0.572. The molecule has 3 N–H and O–H groups in total. The third-order valence-corrected chi connectivity index (χ3v) is 9.71. The van der Waals surface area contributed by atoms with Crippen LogP contribution < -0.4 is 19.8 Å². The highest BCUT2D eigenvalue weighted by Crippen LogP contribution is 2.54. The van der Waals surface area contributed by atoms with Gasteiger partial charge in [0.05, 0.1) is 36.3 Å². The maximum atomic E-state index is 13.6. The van der Waals surface area contributed by atoms with Crippen LogP contribution in [0.5, 0.6) is 0 Å². The van der Waals surface area contributed by atoms with E-state index in [-0.39, 0.29) is 17.8 Å². The van der Waals surface area contributed by atoms with Crippen LogP contribution in [-0.2, 0) is 14.8 Å². The van der Waals surface area contributed by atoms with Crippen LogP contribution in [0.25, 0.3) is 0 Å². The van der Waals surface area contributed by atoms with E-state index in [0.717, 1.165) is 49.7 Å². The minimum Gasteiger partial charge on any atom is -0.395 e. The number of aromatic nitrogens is 2. The summed E-state index contributed by atoms with van der Waals surface area (Å²) in [5, 5.41) is 12.0. The number of sulfonamides is 1. The number of amides is 1. The number of aliphatic hydroxyl groups is 1. The molecule has 11 nitrogen and oxygen atoms in total. The van der Waals surface area contributed by atoms with E-state index in [2.05, 4.69) is 24.8 Å². The van der Waals surface area contributed by atoms with E-state index in [4.69, 9.17) is 14.8 Å². The van der Waals surface area contributed by atoms with Gasteiger partial charge in [0.25, 0.3) is 5.91 Å². The number of nitrogens with zero attached hydrogens (tertiary/aromatic N) is 4. The number of ether oxygens (including phenoxy) is 1. The second kappa shape index (κ2) is 11.5.